The zero-order valence-corrected chi connectivity index (χ0v) is 11.8. The molecule has 5 nitrogen and oxygen atoms in total. The van der Waals surface area contributed by atoms with E-state index in [4.69, 9.17) is 22.6 Å². The predicted molar refractivity (Wildman–Crippen MR) is 70.5 cm³/mol. The molecule has 0 heterocycles. The highest BCUT2D eigenvalue weighted by atomic mass is 35.5. The van der Waals surface area contributed by atoms with E-state index in [1.165, 1.54) is 0 Å². The molecule has 0 aliphatic heterocycles. The van der Waals surface area contributed by atoms with E-state index in [2.05, 4.69) is 0 Å². The number of benzene rings is 1. The first kappa shape index (κ1) is 15.7. The Kier molecular flexibility index (Phi) is 5.11. The van der Waals surface area contributed by atoms with Gasteiger partial charge in [0.05, 0.1) is 16.8 Å². The van der Waals surface area contributed by atoms with Crippen LogP contribution in [0.4, 0.5) is 10.1 Å². The van der Waals surface area contributed by atoms with Crippen LogP contribution in [-0.2, 0) is 10.0 Å². The summed E-state index contributed by atoms with van der Waals surface area (Å²) in [6, 6.07) is 3.72. The minimum absolute atomic E-state index is 0.0446. The van der Waals surface area contributed by atoms with Gasteiger partial charge in [-0.05, 0) is 12.1 Å². The molecule has 0 atom stereocenters. The molecule has 1 aromatic carbocycles. The summed E-state index contributed by atoms with van der Waals surface area (Å²) in [7, 11) is -3.89. The number of nitrogens with two attached hydrogens (primary N) is 1. The lowest BCUT2D eigenvalue weighted by Gasteiger charge is -2.20. The highest BCUT2D eigenvalue weighted by molar-refractivity contribution is 7.89. The van der Waals surface area contributed by atoms with Gasteiger partial charge < -0.3 is 5.73 Å². The van der Waals surface area contributed by atoms with Crippen molar-refractivity contribution in [3.63, 3.8) is 0 Å². The molecular formula is C11H13ClFN3O2S. The molecule has 0 unspecified atom stereocenters. The van der Waals surface area contributed by atoms with Gasteiger partial charge in [-0.1, -0.05) is 18.5 Å². The summed E-state index contributed by atoms with van der Waals surface area (Å²) in [5.74, 6) is -0.774. The Morgan fingerprint density at radius 1 is 1.53 bits per heavy atom. The van der Waals surface area contributed by atoms with E-state index in [9.17, 15) is 12.8 Å². The standard InChI is InChI=1S/C11H13ClFN3O2S/c1-2-16(5-3-4-14)19(17,18)11-7-10(15)9(13)6-8(11)12/h6-7H,2-3,5,15H2,1H3. The third-order valence-corrected chi connectivity index (χ3v) is 4.93. The zero-order chi connectivity index (χ0) is 14.6. The van der Waals surface area contributed by atoms with Gasteiger partial charge in [0, 0.05) is 19.5 Å². The van der Waals surface area contributed by atoms with Crippen molar-refractivity contribution in [3.8, 4) is 6.07 Å². The molecule has 0 aromatic heterocycles. The molecule has 0 fully saturated rings. The highest BCUT2D eigenvalue weighted by Gasteiger charge is 2.26. The number of nitrogens with zero attached hydrogens (tertiary/aromatic N) is 2. The molecule has 1 aromatic rings. The van der Waals surface area contributed by atoms with Crippen LogP contribution in [0.1, 0.15) is 13.3 Å². The van der Waals surface area contributed by atoms with Crippen molar-refractivity contribution >= 4 is 27.3 Å². The van der Waals surface area contributed by atoms with E-state index >= 15 is 0 Å². The molecule has 1 rings (SSSR count). The van der Waals surface area contributed by atoms with Crippen LogP contribution < -0.4 is 5.73 Å². The van der Waals surface area contributed by atoms with Crippen molar-refractivity contribution in [1.82, 2.24) is 4.31 Å². The number of halogens is 2. The minimum atomic E-state index is -3.89. The molecule has 0 aliphatic carbocycles. The fraction of sp³-hybridized carbons (Fsp3) is 0.364. The lowest BCUT2D eigenvalue weighted by molar-refractivity contribution is 0.435. The number of sulfonamides is 1. The molecule has 0 amide bonds. The molecule has 0 saturated heterocycles. The second-order valence-corrected chi connectivity index (χ2v) is 6.02. The number of hydrogen-bond acceptors (Lipinski definition) is 4. The topological polar surface area (TPSA) is 87.2 Å². The lowest BCUT2D eigenvalue weighted by Crippen LogP contribution is -2.32. The van der Waals surface area contributed by atoms with Gasteiger partial charge in [-0.15, -0.1) is 0 Å². The van der Waals surface area contributed by atoms with Gasteiger partial charge in [0.15, 0.2) is 0 Å². The Morgan fingerprint density at radius 3 is 2.68 bits per heavy atom. The third kappa shape index (κ3) is 3.35. The maximum Gasteiger partial charge on any atom is 0.244 e. The summed E-state index contributed by atoms with van der Waals surface area (Å²) in [6.07, 6.45) is 0.0569. The zero-order valence-electron chi connectivity index (χ0n) is 10.2. The quantitative estimate of drug-likeness (QED) is 0.843. The van der Waals surface area contributed by atoms with Crippen molar-refractivity contribution in [1.29, 1.82) is 5.26 Å². The van der Waals surface area contributed by atoms with Crippen LogP contribution in [0.2, 0.25) is 5.02 Å². The molecular weight excluding hydrogens is 293 g/mol. The maximum absolute atomic E-state index is 13.2. The summed E-state index contributed by atoms with van der Waals surface area (Å²) in [6.45, 7) is 1.86. The Labute approximate surface area is 116 Å². The largest absolute Gasteiger partial charge is 0.396 e. The van der Waals surface area contributed by atoms with E-state index < -0.39 is 15.8 Å². The third-order valence-electron chi connectivity index (χ3n) is 2.49. The average Bonchev–Trinajstić information content (AvgIpc) is 2.34. The monoisotopic (exact) mass is 305 g/mol. The van der Waals surface area contributed by atoms with Crippen LogP contribution in [0.15, 0.2) is 17.0 Å². The van der Waals surface area contributed by atoms with Crippen molar-refractivity contribution in [2.75, 3.05) is 18.8 Å². The fourth-order valence-corrected chi connectivity index (χ4v) is 3.48. The number of rotatable bonds is 5. The summed E-state index contributed by atoms with van der Waals surface area (Å²) in [5, 5.41) is 8.28. The molecule has 104 valence electrons. The van der Waals surface area contributed by atoms with E-state index in [0.717, 1.165) is 16.4 Å². The van der Waals surface area contributed by atoms with Crippen molar-refractivity contribution in [2.45, 2.75) is 18.2 Å². The van der Waals surface area contributed by atoms with Crippen molar-refractivity contribution in [3.05, 3.63) is 23.0 Å². The van der Waals surface area contributed by atoms with Crippen LogP contribution in [0.3, 0.4) is 0 Å². The molecule has 2 N–H and O–H groups in total. The summed E-state index contributed by atoms with van der Waals surface area (Å²) in [4.78, 5) is -0.257. The first-order valence-corrected chi connectivity index (χ1v) is 7.28. The number of nitriles is 1. The Balaban J connectivity index is 3.26. The molecule has 0 bridgehead atoms. The van der Waals surface area contributed by atoms with Crippen LogP contribution in [0.25, 0.3) is 0 Å². The lowest BCUT2D eigenvalue weighted by atomic mass is 10.3. The second-order valence-electron chi connectivity index (χ2n) is 3.71. The van der Waals surface area contributed by atoms with Crippen molar-refractivity contribution < 1.29 is 12.8 Å². The SMILES string of the molecule is CCN(CCC#N)S(=O)(=O)c1cc(N)c(F)cc1Cl. The first-order chi connectivity index (χ1) is 8.84. The van der Waals surface area contributed by atoms with E-state index in [1.807, 2.05) is 6.07 Å². The molecule has 8 heteroatoms. The van der Waals surface area contributed by atoms with Gasteiger partial charge >= 0.3 is 0 Å². The Bertz CT molecular complexity index is 613. The number of nitrogen functional groups attached to an aromatic ring is 1. The highest BCUT2D eigenvalue weighted by Crippen LogP contribution is 2.28. The number of hydrogen-bond donors (Lipinski definition) is 1. The van der Waals surface area contributed by atoms with Crippen LogP contribution in [0, 0.1) is 17.1 Å². The van der Waals surface area contributed by atoms with Gasteiger partial charge in [-0.2, -0.15) is 9.57 Å². The van der Waals surface area contributed by atoms with Crippen LogP contribution in [-0.4, -0.2) is 25.8 Å². The Hall–Kier alpha value is -1.36. The van der Waals surface area contributed by atoms with E-state index in [1.54, 1.807) is 6.92 Å². The average molecular weight is 306 g/mol. The smallest absolute Gasteiger partial charge is 0.244 e. The predicted octanol–water partition coefficient (Wildman–Crippen LogP) is 1.99. The molecule has 0 radical (unpaired) electrons. The van der Waals surface area contributed by atoms with Crippen LogP contribution in [0.5, 0.6) is 0 Å². The van der Waals surface area contributed by atoms with Gasteiger partial charge in [0.1, 0.15) is 10.7 Å². The van der Waals surface area contributed by atoms with Gasteiger partial charge in [-0.25, -0.2) is 12.8 Å². The minimum Gasteiger partial charge on any atom is -0.396 e. The van der Waals surface area contributed by atoms with Crippen molar-refractivity contribution in [2.24, 2.45) is 0 Å². The summed E-state index contributed by atoms with van der Waals surface area (Å²) in [5.41, 5.74) is 5.07. The molecule has 19 heavy (non-hydrogen) atoms. The van der Waals surface area contributed by atoms with E-state index in [-0.39, 0.29) is 35.1 Å². The maximum atomic E-state index is 13.2. The first-order valence-electron chi connectivity index (χ1n) is 5.46. The summed E-state index contributed by atoms with van der Waals surface area (Å²) < 4.78 is 38.9. The molecule has 0 spiro atoms. The summed E-state index contributed by atoms with van der Waals surface area (Å²) >= 11 is 5.75. The fourth-order valence-electron chi connectivity index (χ4n) is 1.50. The van der Waals surface area contributed by atoms with E-state index in [0.29, 0.717) is 0 Å². The normalized spacial score (nSPS) is 11.5. The van der Waals surface area contributed by atoms with Gasteiger partial charge in [0.2, 0.25) is 10.0 Å². The number of anilines is 1. The van der Waals surface area contributed by atoms with Crippen LogP contribution >= 0.6 is 11.6 Å². The second kappa shape index (κ2) is 6.19. The Morgan fingerprint density at radius 2 is 2.16 bits per heavy atom. The van der Waals surface area contributed by atoms with Gasteiger partial charge in [0.25, 0.3) is 0 Å². The molecule has 0 saturated carbocycles. The van der Waals surface area contributed by atoms with Gasteiger partial charge in [-0.3, -0.25) is 0 Å². The molecule has 0 aliphatic rings.